The van der Waals surface area contributed by atoms with Gasteiger partial charge in [0.1, 0.15) is 5.60 Å². The molecule has 3 N–H and O–H groups in total. The first kappa shape index (κ1) is 17.2. The molecule has 2 rings (SSSR count). The number of hydrogen-bond acceptors (Lipinski definition) is 4. The molecule has 1 aromatic carbocycles. The number of benzene rings is 1. The molecule has 23 heavy (non-hydrogen) atoms. The molecule has 0 saturated carbocycles. The van der Waals surface area contributed by atoms with Crippen LogP contribution < -0.4 is 10.6 Å². The Morgan fingerprint density at radius 2 is 1.91 bits per heavy atom. The monoisotopic (exact) mass is 332 g/mol. The van der Waals surface area contributed by atoms with Crippen LogP contribution in [0.15, 0.2) is 35.7 Å². The maximum Gasteiger partial charge on any atom is 0.313 e. The van der Waals surface area contributed by atoms with E-state index in [1.165, 1.54) is 11.3 Å². The van der Waals surface area contributed by atoms with Crippen LogP contribution in [-0.4, -0.2) is 23.5 Å². The predicted octanol–water partition coefficient (Wildman–Crippen LogP) is 2.33. The second-order valence-corrected chi connectivity index (χ2v) is 6.63. The molecule has 0 unspecified atom stereocenters. The van der Waals surface area contributed by atoms with Gasteiger partial charge in [0, 0.05) is 10.6 Å². The highest BCUT2D eigenvalue weighted by atomic mass is 32.1. The molecule has 5 nitrogen and oxygen atoms in total. The topological polar surface area (TPSA) is 78.4 Å². The van der Waals surface area contributed by atoms with E-state index in [0.29, 0.717) is 5.69 Å². The number of anilines is 1. The summed E-state index contributed by atoms with van der Waals surface area (Å²) in [4.78, 5) is 24.5. The van der Waals surface area contributed by atoms with Crippen molar-refractivity contribution < 1.29 is 14.7 Å². The van der Waals surface area contributed by atoms with Gasteiger partial charge in [0.15, 0.2) is 0 Å². The maximum atomic E-state index is 11.9. The summed E-state index contributed by atoms with van der Waals surface area (Å²) in [6, 6.07) is 9.04. The van der Waals surface area contributed by atoms with Crippen molar-refractivity contribution in [3.05, 3.63) is 51.7 Å². The Hall–Kier alpha value is -2.18. The molecule has 2 amide bonds. The Kier molecular flexibility index (Phi) is 5.18. The number of amides is 2. The smallest absolute Gasteiger partial charge is 0.313 e. The molecule has 0 bridgehead atoms. The van der Waals surface area contributed by atoms with Crippen molar-refractivity contribution in [2.45, 2.75) is 26.4 Å². The molecule has 0 aliphatic rings. The molecule has 0 aliphatic heterocycles. The molecule has 2 aromatic rings. The summed E-state index contributed by atoms with van der Waals surface area (Å²) >= 11 is 1.39. The summed E-state index contributed by atoms with van der Waals surface area (Å²) in [5.74, 6) is -1.53. The van der Waals surface area contributed by atoms with Crippen LogP contribution in [0.25, 0.3) is 0 Å². The molecule has 1 heterocycles. The average Bonchev–Trinajstić information content (AvgIpc) is 3.04. The molecule has 0 radical (unpaired) electrons. The number of aryl methyl sites for hydroxylation is 2. The summed E-state index contributed by atoms with van der Waals surface area (Å²) in [7, 11) is 0. The summed E-state index contributed by atoms with van der Waals surface area (Å²) in [5.41, 5.74) is 1.51. The van der Waals surface area contributed by atoms with E-state index in [0.717, 1.165) is 16.0 Å². The van der Waals surface area contributed by atoms with Crippen molar-refractivity contribution in [3.8, 4) is 0 Å². The lowest BCUT2D eigenvalue weighted by Gasteiger charge is -2.22. The Morgan fingerprint density at radius 1 is 1.17 bits per heavy atom. The van der Waals surface area contributed by atoms with Crippen molar-refractivity contribution in [1.29, 1.82) is 0 Å². The first-order valence-corrected chi connectivity index (χ1v) is 8.10. The van der Waals surface area contributed by atoms with Gasteiger partial charge in [-0.3, -0.25) is 9.59 Å². The summed E-state index contributed by atoms with van der Waals surface area (Å²) < 4.78 is 0. The Bertz CT molecular complexity index is 709. The van der Waals surface area contributed by atoms with Crippen molar-refractivity contribution in [2.24, 2.45) is 0 Å². The number of carbonyl (C=O) groups is 2. The molecule has 0 aliphatic carbocycles. The van der Waals surface area contributed by atoms with Crippen molar-refractivity contribution in [3.63, 3.8) is 0 Å². The second kappa shape index (κ2) is 6.93. The van der Waals surface area contributed by atoms with E-state index >= 15 is 0 Å². The molecule has 1 aromatic heterocycles. The minimum absolute atomic E-state index is 0.0350. The first-order chi connectivity index (χ1) is 10.8. The fourth-order valence-electron chi connectivity index (χ4n) is 2.01. The van der Waals surface area contributed by atoms with E-state index in [1.54, 1.807) is 19.1 Å². The van der Waals surface area contributed by atoms with Gasteiger partial charge < -0.3 is 15.7 Å². The van der Waals surface area contributed by atoms with Crippen molar-refractivity contribution in [1.82, 2.24) is 5.32 Å². The van der Waals surface area contributed by atoms with Gasteiger partial charge >= 0.3 is 11.8 Å². The lowest BCUT2D eigenvalue weighted by molar-refractivity contribution is -0.136. The van der Waals surface area contributed by atoms with Crippen LogP contribution in [-0.2, 0) is 15.2 Å². The minimum Gasteiger partial charge on any atom is -0.383 e. The van der Waals surface area contributed by atoms with Gasteiger partial charge in [-0.15, -0.1) is 11.3 Å². The molecule has 6 heteroatoms. The predicted molar refractivity (Wildman–Crippen MR) is 91.4 cm³/mol. The molecule has 0 fully saturated rings. The number of aliphatic hydroxyl groups is 1. The average molecular weight is 332 g/mol. The van der Waals surface area contributed by atoms with Gasteiger partial charge in [-0.05, 0) is 55.5 Å². The van der Waals surface area contributed by atoms with Gasteiger partial charge in [0.2, 0.25) is 0 Å². The summed E-state index contributed by atoms with van der Waals surface area (Å²) in [5, 5.41) is 17.2. The van der Waals surface area contributed by atoms with E-state index < -0.39 is 17.4 Å². The molecular weight excluding hydrogens is 312 g/mol. The highest BCUT2D eigenvalue weighted by Gasteiger charge is 2.26. The fraction of sp³-hybridized carbons (Fsp3) is 0.294. The number of carbonyl (C=O) groups excluding carboxylic acids is 2. The molecular formula is C17H20N2O3S. The third-order valence-corrected chi connectivity index (χ3v) is 4.74. The molecule has 0 spiro atoms. The zero-order chi connectivity index (χ0) is 17.0. The SMILES string of the molecule is Cc1ccc(NC(=O)C(=O)NC[C@@](C)(O)c2cccs2)cc1C. The number of nitrogens with one attached hydrogen (secondary N) is 2. The van der Waals surface area contributed by atoms with Crippen LogP contribution >= 0.6 is 11.3 Å². The standard InChI is InChI=1S/C17H20N2O3S/c1-11-6-7-13(9-12(11)2)19-16(21)15(20)18-10-17(3,22)14-5-4-8-23-14/h4-9,22H,10H2,1-3H3,(H,18,20)(H,19,21)/t17-/m1/s1. The Balaban J connectivity index is 1.92. The second-order valence-electron chi connectivity index (χ2n) is 5.69. The number of thiophene rings is 1. The van der Waals surface area contributed by atoms with Crippen LogP contribution in [0.1, 0.15) is 22.9 Å². The maximum absolute atomic E-state index is 11.9. The summed E-state index contributed by atoms with van der Waals surface area (Å²) in [6.45, 7) is 5.47. The summed E-state index contributed by atoms with van der Waals surface area (Å²) in [6.07, 6.45) is 0. The first-order valence-electron chi connectivity index (χ1n) is 7.22. The van der Waals surface area contributed by atoms with Crippen molar-refractivity contribution >= 4 is 28.8 Å². The van der Waals surface area contributed by atoms with Gasteiger partial charge in [-0.2, -0.15) is 0 Å². The lowest BCUT2D eigenvalue weighted by Crippen LogP contribution is -2.42. The Labute approximate surface area is 139 Å². The highest BCUT2D eigenvalue weighted by molar-refractivity contribution is 7.10. The zero-order valence-electron chi connectivity index (χ0n) is 13.3. The van der Waals surface area contributed by atoms with Crippen LogP contribution in [0.5, 0.6) is 0 Å². The third-order valence-electron chi connectivity index (χ3n) is 3.62. The van der Waals surface area contributed by atoms with Crippen LogP contribution in [0.4, 0.5) is 5.69 Å². The zero-order valence-corrected chi connectivity index (χ0v) is 14.2. The molecule has 1 atom stereocenters. The van der Waals surface area contributed by atoms with Crippen LogP contribution in [0.3, 0.4) is 0 Å². The lowest BCUT2D eigenvalue weighted by atomic mass is 10.1. The van der Waals surface area contributed by atoms with Gasteiger partial charge in [-0.1, -0.05) is 12.1 Å². The fourth-order valence-corrected chi connectivity index (χ4v) is 2.80. The van der Waals surface area contributed by atoms with E-state index in [4.69, 9.17) is 0 Å². The van der Waals surface area contributed by atoms with E-state index in [2.05, 4.69) is 10.6 Å². The van der Waals surface area contributed by atoms with Gasteiger partial charge in [-0.25, -0.2) is 0 Å². The quantitative estimate of drug-likeness (QED) is 0.752. The van der Waals surface area contributed by atoms with Crippen molar-refractivity contribution in [2.75, 3.05) is 11.9 Å². The van der Waals surface area contributed by atoms with Crippen LogP contribution in [0.2, 0.25) is 0 Å². The number of rotatable bonds is 4. The van der Waals surface area contributed by atoms with E-state index in [-0.39, 0.29) is 6.54 Å². The normalized spacial score (nSPS) is 13.2. The third kappa shape index (κ3) is 4.40. The minimum atomic E-state index is -1.20. The number of hydrogen-bond donors (Lipinski definition) is 3. The van der Waals surface area contributed by atoms with Gasteiger partial charge in [0.05, 0.1) is 6.54 Å². The molecule has 0 saturated heterocycles. The van der Waals surface area contributed by atoms with E-state index in [1.807, 2.05) is 37.4 Å². The Morgan fingerprint density at radius 3 is 2.52 bits per heavy atom. The highest BCUT2D eigenvalue weighted by Crippen LogP contribution is 2.24. The van der Waals surface area contributed by atoms with Gasteiger partial charge in [0.25, 0.3) is 0 Å². The molecule has 122 valence electrons. The van der Waals surface area contributed by atoms with E-state index in [9.17, 15) is 14.7 Å². The van der Waals surface area contributed by atoms with Crippen LogP contribution in [0, 0.1) is 13.8 Å². The largest absolute Gasteiger partial charge is 0.383 e.